The minimum absolute atomic E-state index is 0.103. The maximum absolute atomic E-state index is 14.0. The number of aromatic nitrogens is 3. The first-order valence-corrected chi connectivity index (χ1v) is 7.51. The first-order valence-electron chi connectivity index (χ1n) is 7.51. The van der Waals surface area contributed by atoms with E-state index in [0.29, 0.717) is 11.6 Å². The van der Waals surface area contributed by atoms with Crippen LogP contribution in [0.5, 0.6) is 5.75 Å². The zero-order valence-corrected chi connectivity index (χ0v) is 12.9. The van der Waals surface area contributed by atoms with Crippen molar-refractivity contribution in [3.63, 3.8) is 0 Å². The second-order valence-electron chi connectivity index (χ2n) is 5.58. The second-order valence-corrected chi connectivity index (χ2v) is 5.58. The highest BCUT2D eigenvalue weighted by Crippen LogP contribution is 2.29. The lowest BCUT2D eigenvalue weighted by Crippen LogP contribution is -2.29. The van der Waals surface area contributed by atoms with E-state index in [-0.39, 0.29) is 18.2 Å². The molecule has 0 fully saturated rings. The van der Waals surface area contributed by atoms with E-state index in [4.69, 9.17) is 0 Å². The summed E-state index contributed by atoms with van der Waals surface area (Å²) in [6.45, 7) is 2.42. The minimum atomic E-state index is -4.87. The summed E-state index contributed by atoms with van der Waals surface area (Å²) in [5.74, 6) is 0.0558. The van der Waals surface area contributed by atoms with Gasteiger partial charge in [0.25, 0.3) is 0 Å². The fourth-order valence-electron chi connectivity index (χ4n) is 2.82. The van der Waals surface area contributed by atoms with Crippen LogP contribution in [-0.4, -0.2) is 21.1 Å². The third-order valence-electron chi connectivity index (χ3n) is 3.81. The van der Waals surface area contributed by atoms with Gasteiger partial charge in [0, 0.05) is 18.7 Å². The van der Waals surface area contributed by atoms with Crippen LogP contribution in [0.25, 0.3) is 0 Å². The Morgan fingerprint density at radius 2 is 2.17 bits per heavy atom. The Labute approximate surface area is 135 Å². The Balaban J connectivity index is 1.78. The maximum Gasteiger partial charge on any atom is 0.573 e. The molecule has 0 saturated heterocycles. The fraction of sp³-hybridized carbons (Fsp3) is 0.467. The quantitative estimate of drug-likeness (QED) is 0.865. The highest BCUT2D eigenvalue weighted by Gasteiger charge is 2.33. The van der Waals surface area contributed by atoms with Crippen LogP contribution in [0.3, 0.4) is 0 Å². The molecule has 0 radical (unpaired) electrons. The molecule has 24 heavy (non-hydrogen) atoms. The molecule has 0 unspecified atom stereocenters. The molecule has 0 bridgehead atoms. The Morgan fingerprint density at radius 3 is 2.92 bits per heavy atom. The van der Waals surface area contributed by atoms with Gasteiger partial charge in [0.2, 0.25) is 0 Å². The zero-order valence-electron chi connectivity index (χ0n) is 12.9. The molecule has 2 heterocycles. The summed E-state index contributed by atoms with van der Waals surface area (Å²) in [6, 6.07) is 3.19. The van der Waals surface area contributed by atoms with Crippen molar-refractivity contribution in [3.05, 3.63) is 41.2 Å². The van der Waals surface area contributed by atoms with Crippen LogP contribution in [0.15, 0.2) is 18.2 Å². The molecule has 2 aromatic rings. The second kappa shape index (κ2) is 6.39. The van der Waals surface area contributed by atoms with E-state index < -0.39 is 17.9 Å². The molecule has 1 atom stereocenters. The smallest absolute Gasteiger partial charge is 0.405 e. The molecule has 9 heteroatoms. The molecule has 5 nitrogen and oxygen atoms in total. The molecular weight excluding hydrogens is 328 g/mol. The minimum Gasteiger partial charge on any atom is -0.405 e. The van der Waals surface area contributed by atoms with E-state index in [1.54, 1.807) is 11.6 Å². The lowest BCUT2D eigenvalue weighted by atomic mass is 10.1. The first-order chi connectivity index (χ1) is 11.3. The van der Waals surface area contributed by atoms with Crippen LogP contribution in [0.2, 0.25) is 0 Å². The lowest BCUT2D eigenvalue weighted by molar-refractivity contribution is -0.275. The molecule has 130 valence electrons. The lowest BCUT2D eigenvalue weighted by Gasteiger charge is -2.24. The van der Waals surface area contributed by atoms with Gasteiger partial charge in [0.05, 0.1) is 6.04 Å². The molecule has 1 aromatic heterocycles. The van der Waals surface area contributed by atoms with E-state index in [0.717, 1.165) is 31.5 Å². The van der Waals surface area contributed by atoms with Crippen molar-refractivity contribution in [3.8, 4) is 5.75 Å². The van der Waals surface area contributed by atoms with Crippen molar-refractivity contribution in [2.45, 2.75) is 45.3 Å². The van der Waals surface area contributed by atoms with E-state index in [1.807, 2.05) is 0 Å². The Morgan fingerprint density at radius 1 is 1.38 bits per heavy atom. The summed E-state index contributed by atoms with van der Waals surface area (Å²) in [5, 5.41) is 7.32. The van der Waals surface area contributed by atoms with Gasteiger partial charge in [-0.05, 0) is 31.9 Å². The van der Waals surface area contributed by atoms with Crippen LogP contribution >= 0.6 is 0 Å². The summed E-state index contributed by atoms with van der Waals surface area (Å²) >= 11 is 0. The third kappa shape index (κ3) is 3.66. The van der Waals surface area contributed by atoms with Gasteiger partial charge in [-0.15, -0.1) is 13.2 Å². The summed E-state index contributed by atoms with van der Waals surface area (Å²) in [4.78, 5) is 4.33. The van der Waals surface area contributed by atoms with Crippen LogP contribution in [0.1, 0.15) is 36.1 Å². The molecule has 1 aliphatic heterocycles. The summed E-state index contributed by atoms with van der Waals surface area (Å²) in [6.07, 6.45) is -3.26. The standard InChI is InChI=1S/C15H16F4N4O/c1-9-21-14-12(5-3-7-23(14)22-9)20-8-10-11(16)4-2-6-13(10)24-15(17,18)19/h2,4,6,12,20H,3,5,7-8H2,1H3/t12-/m0/s1. The molecule has 0 saturated carbocycles. The van der Waals surface area contributed by atoms with Crippen LogP contribution < -0.4 is 10.1 Å². The van der Waals surface area contributed by atoms with Crippen LogP contribution in [-0.2, 0) is 13.1 Å². The number of rotatable bonds is 4. The highest BCUT2D eigenvalue weighted by atomic mass is 19.4. The maximum atomic E-state index is 14.0. The van der Waals surface area contributed by atoms with E-state index >= 15 is 0 Å². The van der Waals surface area contributed by atoms with E-state index in [1.165, 1.54) is 6.07 Å². The van der Waals surface area contributed by atoms with Crippen molar-refractivity contribution in [2.75, 3.05) is 0 Å². The molecule has 0 aliphatic carbocycles. The van der Waals surface area contributed by atoms with Crippen molar-refractivity contribution in [2.24, 2.45) is 0 Å². The molecule has 0 spiro atoms. The van der Waals surface area contributed by atoms with E-state index in [9.17, 15) is 17.6 Å². The SMILES string of the molecule is Cc1nc2n(n1)CCC[C@@H]2NCc1c(F)cccc1OC(F)(F)F. The van der Waals surface area contributed by atoms with Crippen molar-refractivity contribution < 1.29 is 22.3 Å². The number of nitrogens with zero attached hydrogens (tertiary/aromatic N) is 3. The predicted molar refractivity (Wildman–Crippen MR) is 76.7 cm³/mol. The van der Waals surface area contributed by atoms with Crippen molar-refractivity contribution >= 4 is 0 Å². The van der Waals surface area contributed by atoms with Gasteiger partial charge in [-0.25, -0.2) is 14.1 Å². The zero-order chi connectivity index (χ0) is 17.3. The van der Waals surface area contributed by atoms with Gasteiger partial charge in [0.1, 0.15) is 23.2 Å². The van der Waals surface area contributed by atoms with Crippen LogP contribution in [0.4, 0.5) is 17.6 Å². The predicted octanol–water partition coefficient (Wildman–Crippen LogP) is 3.25. The number of alkyl halides is 3. The fourth-order valence-corrected chi connectivity index (χ4v) is 2.82. The number of aryl methyl sites for hydroxylation is 2. The molecule has 1 N–H and O–H groups in total. The van der Waals surface area contributed by atoms with Gasteiger partial charge >= 0.3 is 6.36 Å². The number of nitrogens with one attached hydrogen (secondary N) is 1. The molecule has 0 amide bonds. The van der Waals surface area contributed by atoms with Crippen LogP contribution in [0, 0.1) is 12.7 Å². The third-order valence-corrected chi connectivity index (χ3v) is 3.81. The molecule has 3 rings (SSSR count). The van der Waals surface area contributed by atoms with Gasteiger partial charge in [-0.2, -0.15) is 5.10 Å². The normalized spacial score (nSPS) is 17.6. The monoisotopic (exact) mass is 344 g/mol. The summed E-state index contributed by atoms with van der Waals surface area (Å²) < 4.78 is 57.0. The molecular formula is C15H16F4N4O. The number of ether oxygens (including phenoxy) is 1. The number of fused-ring (bicyclic) bond motifs is 1. The first kappa shape index (κ1) is 16.7. The largest absolute Gasteiger partial charge is 0.573 e. The van der Waals surface area contributed by atoms with E-state index in [2.05, 4.69) is 20.1 Å². The van der Waals surface area contributed by atoms with Crippen molar-refractivity contribution in [1.29, 1.82) is 0 Å². The summed E-state index contributed by atoms with van der Waals surface area (Å²) in [7, 11) is 0. The highest BCUT2D eigenvalue weighted by molar-refractivity contribution is 5.35. The number of halogens is 4. The molecule has 1 aromatic carbocycles. The van der Waals surface area contributed by atoms with Gasteiger partial charge in [-0.3, -0.25) is 0 Å². The number of hydrogen-bond donors (Lipinski definition) is 1. The average molecular weight is 344 g/mol. The average Bonchev–Trinajstić information content (AvgIpc) is 2.86. The Hall–Kier alpha value is -2.16. The van der Waals surface area contributed by atoms with Crippen molar-refractivity contribution in [1.82, 2.24) is 20.1 Å². The summed E-state index contributed by atoms with van der Waals surface area (Å²) in [5.41, 5.74) is -0.164. The number of hydrogen-bond acceptors (Lipinski definition) is 4. The molecule has 1 aliphatic rings. The van der Waals surface area contributed by atoms with Gasteiger partial charge in [0.15, 0.2) is 0 Å². The van der Waals surface area contributed by atoms with Gasteiger partial charge < -0.3 is 10.1 Å². The topological polar surface area (TPSA) is 52.0 Å². The van der Waals surface area contributed by atoms with Gasteiger partial charge in [-0.1, -0.05) is 6.07 Å². The Kier molecular flexibility index (Phi) is 4.44. The Bertz CT molecular complexity index is 729. The number of benzene rings is 1.